The van der Waals surface area contributed by atoms with Gasteiger partial charge in [-0.15, -0.1) is 0 Å². The van der Waals surface area contributed by atoms with E-state index < -0.39 is 0 Å². The van der Waals surface area contributed by atoms with Gasteiger partial charge in [0.1, 0.15) is 17.3 Å². The summed E-state index contributed by atoms with van der Waals surface area (Å²) in [6.07, 6.45) is 3.41. The Labute approximate surface area is 191 Å². The van der Waals surface area contributed by atoms with E-state index in [4.69, 9.17) is 19.4 Å². The first-order valence-electron chi connectivity index (χ1n) is 10.5. The van der Waals surface area contributed by atoms with E-state index in [1.54, 1.807) is 25.6 Å². The molecule has 4 rings (SSSR count). The zero-order chi connectivity index (χ0) is 23.4. The van der Waals surface area contributed by atoms with Crippen molar-refractivity contribution in [2.24, 2.45) is 0 Å². The number of benzene rings is 2. The summed E-state index contributed by atoms with van der Waals surface area (Å²) in [5.41, 5.74) is 1.97. The lowest BCUT2D eigenvalue weighted by atomic mass is 10.1. The number of nitrogens with zero attached hydrogens (tertiary/aromatic N) is 3. The van der Waals surface area contributed by atoms with E-state index in [9.17, 15) is 4.79 Å². The number of carbonyl (C=O) groups is 1. The van der Waals surface area contributed by atoms with Gasteiger partial charge in [0.05, 0.1) is 24.5 Å². The SMILES string of the molecule is COc1ccc2nc(-c3cccc(OCC(=O)NC(C)(C)C)c3)nc(Nc3cn[nH]c3)c2c1. The first kappa shape index (κ1) is 22.1. The number of methoxy groups -OCH3 is 1. The molecule has 2 heterocycles. The van der Waals surface area contributed by atoms with E-state index in [-0.39, 0.29) is 18.1 Å². The summed E-state index contributed by atoms with van der Waals surface area (Å²) >= 11 is 0. The smallest absolute Gasteiger partial charge is 0.258 e. The number of nitrogens with one attached hydrogen (secondary N) is 3. The quantitative estimate of drug-likeness (QED) is 0.392. The second kappa shape index (κ2) is 9.15. The first-order chi connectivity index (χ1) is 15.8. The van der Waals surface area contributed by atoms with E-state index in [1.165, 1.54) is 0 Å². The summed E-state index contributed by atoms with van der Waals surface area (Å²) in [6.45, 7) is 5.69. The van der Waals surface area contributed by atoms with Crippen molar-refractivity contribution in [2.75, 3.05) is 19.0 Å². The highest BCUT2D eigenvalue weighted by molar-refractivity contribution is 5.93. The number of carbonyl (C=O) groups excluding carboxylic acids is 1. The fourth-order valence-corrected chi connectivity index (χ4v) is 3.24. The third-order valence-electron chi connectivity index (χ3n) is 4.64. The average molecular weight is 447 g/mol. The monoisotopic (exact) mass is 446 g/mol. The number of aromatic amines is 1. The van der Waals surface area contributed by atoms with Crippen molar-refractivity contribution in [3.05, 3.63) is 54.9 Å². The van der Waals surface area contributed by atoms with E-state index >= 15 is 0 Å². The van der Waals surface area contributed by atoms with Crippen LogP contribution in [-0.2, 0) is 4.79 Å². The Kier molecular flexibility index (Phi) is 6.12. The third-order valence-corrected chi connectivity index (χ3v) is 4.64. The Balaban J connectivity index is 1.65. The predicted molar refractivity (Wildman–Crippen MR) is 127 cm³/mol. The number of hydrogen-bond acceptors (Lipinski definition) is 7. The minimum absolute atomic E-state index is 0.0770. The Morgan fingerprint density at radius 3 is 2.67 bits per heavy atom. The molecule has 0 aliphatic rings. The van der Waals surface area contributed by atoms with Crippen LogP contribution in [0, 0.1) is 0 Å². The van der Waals surface area contributed by atoms with Crippen molar-refractivity contribution in [2.45, 2.75) is 26.3 Å². The number of amides is 1. The van der Waals surface area contributed by atoms with Crippen molar-refractivity contribution in [1.82, 2.24) is 25.5 Å². The molecule has 0 saturated heterocycles. The Hall–Kier alpha value is -4.14. The Morgan fingerprint density at radius 2 is 1.94 bits per heavy atom. The molecular formula is C24H26N6O3. The summed E-state index contributed by atoms with van der Waals surface area (Å²) in [4.78, 5) is 21.6. The van der Waals surface area contributed by atoms with Crippen molar-refractivity contribution < 1.29 is 14.3 Å². The summed E-state index contributed by atoms with van der Waals surface area (Å²) in [5, 5.41) is 13.7. The fourth-order valence-electron chi connectivity index (χ4n) is 3.24. The number of anilines is 2. The highest BCUT2D eigenvalue weighted by atomic mass is 16.5. The first-order valence-corrected chi connectivity index (χ1v) is 10.5. The molecule has 0 radical (unpaired) electrons. The van der Waals surface area contributed by atoms with E-state index in [0.29, 0.717) is 23.1 Å². The summed E-state index contributed by atoms with van der Waals surface area (Å²) in [6, 6.07) is 13.0. The number of ether oxygens (including phenoxy) is 2. The molecule has 0 bridgehead atoms. The van der Waals surface area contributed by atoms with E-state index in [1.807, 2.05) is 57.2 Å². The Bertz CT molecular complexity index is 1270. The van der Waals surface area contributed by atoms with Crippen LogP contribution in [-0.4, -0.2) is 45.3 Å². The van der Waals surface area contributed by atoms with Gasteiger partial charge in [0.2, 0.25) is 0 Å². The molecule has 9 heteroatoms. The number of rotatable bonds is 7. The zero-order valence-corrected chi connectivity index (χ0v) is 19.0. The minimum atomic E-state index is -0.317. The lowest BCUT2D eigenvalue weighted by molar-refractivity contribution is -0.124. The molecule has 3 N–H and O–H groups in total. The topological polar surface area (TPSA) is 114 Å². The number of aromatic nitrogens is 4. The van der Waals surface area contributed by atoms with Gasteiger partial charge in [-0.25, -0.2) is 9.97 Å². The maximum Gasteiger partial charge on any atom is 0.258 e. The van der Waals surface area contributed by atoms with Crippen LogP contribution in [0.25, 0.3) is 22.3 Å². The largest absolute Gasteiger partial charge is 0.497 e. The van der Waals surface area contributed by atoms with Gasteiger partial charge in [0.15, 0.2) is 12.4 Å². The molecular weight excluding hydrogens is 420 g/mol. The minimum Gasteiger partial charge on any atom is -0.497 e. The summed E-state index contributed by atoms with van der Waals surface area (Å²) < 4.78 is 11.1. The van der Waals surface area contributed by atoms with Gasteiger partial charge in [0.25, 0.3) is 5.91 Å². The lowest BCUT2D eigenvalue weighted by Gasteiger charge is -2.20. The molecule has 170 valence electrons. The maximum absolute atomic E-state index is 12.1. The van der Waals surface area contributed by atoms with Gasteiger partial charge in [-0.05, 0) is 51.1 Å². The van der Waals surface area contributed by atoms with Gasteiger partial charge in [-0.1, -0.05) is 12.1 Å². The van der Waals surface area contributed by atoms with Crippen LogP contribution in [0.3, 0.4) is 0 Å². The molecule has 1 amide bonds. The van der Waals surface area contributed by atoms with Crippen LogP contribution in [0.4, 0.5) is 11.5 Å². The van der Waals surface area contributed by atoms with Crippen LogP contribution >= 0.6 is 0 Å². The fraction of sp³-hybridized carbons (Fsp3) is 0.250. The molecule has 2 aromatic carbocycles. The number of fused-ring (bicyclic) bond motifs is 1. The molecule has 0 unspecified atom stereocenters. The van der Waals surface area contributed by atoms with Gasteiger partial charge in [-0.3, -0.25) is 9.89 Å². The van der Waals surface area contributed by atoms with Crippen LogP contribution in [0.2, 0.25) is 0 Å². The summed E-state index contributed by atoms with van der Waals surface area (Å²) in [5.74, 6) is 2.21. The van der Waals surface area contributed by atoms with Crippen molar-refractivity contribution in [3.8, 4) is 22.9 Å². The molecule has 0 saturated carbocycles. The van der Waals surface area contributed by atoms with Crippen LogP contribution < -0.4 is 20.1 Å². The standard InChI is InChI=1S/C24H26N6O3/c1-24(2,3)30-21(31)14-33-18-7-5-6-15(10-18)22-28-20-9-8-17(32-4)11-19(20)23(29-22)27-16-12-25-26-13-16/h5-13H,14H2,1-4H3,(H,25,26)(H,30,31)(H,27,28,29). The Morgan fingerprint density at radius 1 is 1.09 bits per heavy atom. The average Bonchev–Trinajstić information content (AvgIpc) is 3.29. The van der Waals surface area contributed by atoms with Gasteiger partial charge >= 0.3 is 0 Å². The van der Waals surface area contributed by atoms with Crippen molar-refractivity contribution >= 4 is 28.3 Å². The molecule has 0 aliphatic carbocycles. The predicted octanol–water partition coefficient (Wildman–Crippen LogP) is 4.07. The van der Waals surface area contributed by atoms with E-state index in [0.717, 1.165) is 22.2 Å². The molecule has 4 aromatic rings. The van der Waals surface area contributed by atoms with Gasteiger partial charge in [0, 0.05) is 22.7 Å². The van der Waals surface area contributed by atoms with Crippen LogP contribution in [0.5, 0.6) is 11.5 Å². The van der Waals surface area contributed by atoms with Crippen molar-refractivity contribution in [3.63, 3.8) is 0 Å². The molecule has 9 nitrogen and oxygen atoms in total. The molecule has 2 aromatic heterocycles. The molecule has 0 fully saturated rings. The molecule has 33 heavy (non-hydrogen) atoms. The van der Waals surface area contributed by atoms with Gasteiger partial charge in [-0.2, -0.15) is 5.10 Å². The highest BCUT2D eigenvalue weighted by Gasteiger charge is 2.15. The number of H-pyrrole nitrogens is 1. The van der Waals surface area contributed by atoms with Gasteiger partial charge < -0.3 is 20.1 Å². The molecule has 0 atom stereocenters. The molecule has 0 spiro atoms. The normalized spacial score (nSPS) is 11.3. The highest BCUT2D eigenvalue weighted by Crippen LogP contribution is 2.30. The molecule has 0 aliphatic heterocycles. The van der Waals surface area contributed by atoms with Crippen LogP contribution in [0.1, 0.15) is 20.8 Å². The lowest BCUT2D eigenvalue weighted by Crippen LogP contribution is -2.43. The van der Waals surface area contributed by atoms with E-state index in [2.05, 4.69) is 20.8 Å². The van der Waals surface area contributed by atoms with Crippen molar-refractivity contribution in [1.29, 1.82) is 0 Å². The zero-order valence-electron chi connectivity index (χ0n) is 19.0. The third kappa shape index (κ3) is 5.57. The second-order valence-electron chi connectivity index (χ2n) is 8.51. The maximum atomic E-state index is 12.1. The second-order valence-corrected chi connectivity index (χ2v) is 8.51. The van der Waals surface area contributed by atoms with Crippen LogP contribution in [0.15, 0.2) is 54.9 Å². The number of hydrogen-bond donors (Lipinski definition) is 3. The summed E-state index contributed by atoms with van der Waals surface area (Å²) in [7, 11) is 1.62.